The lowest BCUT2D eigenvalue weighted by Crippen LogP contribution is -2.45. The lowest BCUT2D eigenvalue weighted by Gasteiger charge is -2.21. The van der Waals surface area contributed by atoms with Gasteiger partial charge < -0.3 is 9.73 Å². The van der Waals surface area contributed by atoms with Crippen molar-refractivity contribution in [1.29, 1.82) is 5.26 Å². The molecule has 22 heavy (non-hydrogen) atoms. The molecular weight excluding hydrogens is 320 g/mol. The van der Waals surface area contributed by atoms with Gasteiger partial charge >= 0.3 is 0 Å². The third-order valence-electron chi connectivity index (χ3n) is 3.51. The monoisotopic (exact) mass is 334 g/mol. The first-order chi connectivity index (χ1) is 10.7. The molecule has 2 aromatic rings. The highest BCUT2D eigenvalue weighted by Crippen LogP contribution is 2.29. The van der Waals surface area contributed by atoms with Crippen molar-refractivity contribution >= 4 is 29.0 Å². The van der Waals surface area contributed by atoms with Gasteiger partial charge in [0.2, 0.25) is 5.91 Å². The molecule has 1 amide bonds. The third-order valence-corrected chi connectivity index (χ3v) is 5.19. The minimum Gasteiger partial charge on any atom is -0.410 e. The zero-order chi connectivity index (χ0) is 15.4. The number of amides is 1. The predicted octanol–water partition coefficient (Wildman–Crippen LogP) is 2.84. The van der Waals surface area contributed by atoms with E-state index in [1.54, 1.807) is 0 Å². The second kappa shape index (κ2) is 6.50. The number of hydrogen-bond acceptors (Lipinski definition) is 7. The van der Waals surface area contributed by atoms with E-state index in [1.807, 2.05) is 17.5 Å². The molecule has 0 atom stereocenters. The number of aromatic nitrogens is 2. The van der Waals surface area contributed by atoms with Crippen LogP contribution in [0.1, 0.15) is 25.7 Å². The molecule has 0 bridgehead atoms. The van der Waals surface area contributed by atoms with Crippen LogP contribution in [0, 0.1) is 11.3 Å². The highest BCUT2D eigenvalue weighted by Gasteiger charge is 2.35. The smallest absolute Gasteiger partial charge is 0.277 e. The van der Waals surface area contributed by atoms with Crippen molar-refractivity contribution in [1.82, 2.24) is 15.5 Å². The summed E-state index contributed by atoms with van der Waals surface area (Å²) in [5, 5.41) is 22.3. The Balaban J connectivity index is 1.54. The van der Waals surface area contributed by atoms with E-state index in [4.69, 9.17) is 4.42 Å². The average molecular weight is 334 g/mol. The molecule has 2 heterocycles. The Morgan fingerprint density at radius 1 is 1.50 bits per heavy atom. The number of thiophene rings is 1. The molecule has 0 aromatic carbocycles. The first-order valence-corrected chi connectivity index (χ1v) is 8.80. The van der Waals surface area contributed by atoms with Crippen LogP contribution in [-0.2, 0) is 4.79 Å². The maximum absolute atomic E-state index is 12.0. The zero-order valence-corrected chi connectivity index (χ0v) is 13.4. The van der Waals surface area contributed by atoms with Crippen LogP contribution in [0.4, 0.5) is 0 Å². The van der Waals surface area contributed by atoms with Gasteiger partial charge in [-0.2, -0.15) is 5.26 Å². The van der Waals surface area contributed by atoms with Crippen molar-refractivity contribution in [2.24, 2.45) is 0 Å². The Morgan fingerprint density at radius 3 is 3.00 bits per heavy atom. The summed E-state index contributed by atoms with van der Waals surface area (Å²) in [4.78, 5) is 12.9. The van der Waals surface area contributed by atoms with Gasteiger partial charge in [0, 0.05) is 0 Å². The molecule has 0 spiro atoms. The minimum absolute atomic E-state index is 0.162. The zero-order valence-electron chi connectivity index (χ0n) is 11.7. The van der Waals surface area contributed by atoms with Crippen molar-refractivity contribution in [3.05, 3.63) is 17.5 Å². The maximum atomic E-state index is 12.0. The van der Waals surface area contributed by atoms with Gasteiger partial charge in [0.05, 0.1) is 16.7 Å². The summed E-state index contributed by atoms with van der Waals surface area (Å²) >= 11 is 2.70. The number of thioether (sulfide) groups is 1. The number of carbonyl (C=O) groups excluding carboxylic acids is 1. The van der Waals surface area contributed by atoms with E-state index in [0.717, 1.165) is 30.6 Å². The Morgan fingerprint density at radius 2 is 2.32 bits per heavy atom. The molecule has 114 valence electrons. The number of rotatable bonds is 5. The van der Waals surface area contributed by atoms with E-state index in [-0.39, 0.29) is 11.7 Å². The lowest BCUT2D eigenvalue weighted by atomic mass is 10.0. The fourth-order valence-electron chi connectivity index (χ4n) is 2.44. The van der Waals surface area contributed by atoms with Gasteiger partial charge in [0.15, 0.2) is 0 Å². The molecule has 8 heteroatoms. The summed E-state index contributed by atoms with van der Waals surface area (Å²) in [6, 6.07) is 6.05. The first-order valence-electron chi connectivity index (χ1n) is 6.93. The molecule has 0 saturated heterocycles. The van der Waals surface area contributed by atoms with Gasteiger partial charge in [0.25, 0.3) is 11.1 Å². The molecule has 1 fully saturated rings. The highest BCUT2D eigenvalue weighted by atomic mass is 32.2. The predicted molar refractivity (Wildman–Crippen MR) is 83.3 cm³/mol. The molecule has 3 rings (SSSR count). The number of hydrogen-bond donors (Lipinski definition) is 1. The molecule has 1 N–H and O–H groups in total. The molecule has 0 radical (unpaired) electrons. The normalized spacial score (nSPS) is 16.3. The number of nitriles is 1. The fraction of sp³-hybridized carbons (Fsp3) is 0.429. The van der Waals surface area contributed by atoms with Crippen molar-refractivity contribution in [3.8, 4) is 16.8 Å². The topological polar surface area (TPSA) is 91.8 Å². The molecule has 6 nitrogen and oxygen atoms in total. The molecule has 0 aliphatic heterocycles. The van der Waals surface area contributed by atoms with Crippen LogP contribution in [0.25, 0.3) is 10.8 Å². The Kier molecular flexibility index (Phi) is 4.45. The third kappa shape index (κ3) is 3.31. The van der Waals surface area contributed by atoms with Gasteiger partial charge in [-0.05, 0) is 37.1 Å². The number of carbonyl (C=O) groups is 1. The number of nitrogens with zero attached hydrogens (tertiary/aromatic N) is 3. The Bertz CT molecular complexity index is 684. The quantitative estimate of drug-likeness (QED) is 0.845. The van der Waals surface area contributed by atoms with Crippen molar-refractivity contribution in [2.75, 3.05) is 5.75 Å². The van der Waals surface area contributed by atoms with Crippen molar-refractivity contribution in [3.63, 3.8) is 0 Å². The maximum Gasteiger partial charge on any atom is 0.277 e. The summed E-state index contributed by atoms with van der Waals surface area (Å²) < 4.78 is 5.51. The fourth-order valence-corrected chi connectivity index (χ4v) is 3.65. The van der Waals surface area contributed by atoms with E-state index < -0.39 is 5.54 Å². The second-order valence-electron chi connectivity index (χ2n) is 5.09. The second-order valence-corrected chi connectivity index (χ2v) is 6.96. The van der Waals surface area contributed by atoms with Gasteiger partial charge in [-0.15, -0.1) is 21.5 Å². The SMILES string of the molecule is N#CC1(NC(=O)CSc2nnc(-c3cccs3)o2)CCCC1. The van der Waals surface area contributed by atoms with E-state index >= 15 is 0 Å². The van der Waals surface area contributed by atoms with Gasteiger partial charge in [-0.25, -0.2) is 0 Å². The van der Waals surface area contributed by atoms with Crippen LogP contribution < -0.4 is 5.32 Å². The first kappa shape index (κ1) is 15.1. The van der Waals surface area contributed by atoms with E-state index in [2.05, 4.69) is 21.6 Å². The standard InChI is InChI=1S/C14H14N4O2S2/c15-9-14(5-1-2-6-14)16-11(19)8-22-13-18-17-12(20-13)10-4-3-7-21-10/h3-4,7H,1-2,5-6,8H2,(H,16,19). The summed E-state index contributed by atoms with van der Waals surface area (Å²) in [7, 11) is 0. The Labute approximate surface area is 135 Å². The number of nitrogens with one attached hydrogen (secondary N) is 1. The summed E-state index contributed by atoms with van der Waals surface area (Å²) in [6.45, 7) is 0. The van der Waals surface area contributed by atoms with E-state index in [9.17, 15) is 10.1 Å². The largest absolute Gasteiger partial charge is 0.410 e. The van der Waals surface area contributed by atoms with Crippen molar-refractivity contribution < 1.29 is 9.21 Å². The van der Waals surface area contributed by atoms with E-state index in [1.165, 1.54) is 23.1 Å². The van der Waals surface area contributed by atoms with Crippen LogP contribution in [0.2, 0.25) is 0 Å². The Hall–Kier alpha value is -1.85. The van der Waals surface area contributed by atoms with Crippen LogP contribution in [0.5, 0.6) is 0 Å². The summed E-state index contributed by atoms with van der Waals surface area (Å²) in [5.41, 5.74) is -0.686. The summed E-state index contributed by atoms with van der Waals surface area (Å²) in [6.07, 6.45) is 3.41. The molecule has 1 aliphatic rings. The summed E-state index contributed by atoms with van der Waals surface area (Å²) in [5.74, 6) is 0.446. The van der Waals surface area contributed by atoms with Gasteiger partial charge in [0.1, 0.15) is 5.54 Å². The van der Waals surface area contributed by atoms with Gasteiger partial charge in [-0.3, -0.25) is 4.79 Å². The molecule has 2 aromatic heterocycles. The molecule has 1 saturated carbocycles. The van der Waals surface area contributed by atoms with Crippen LogP contribution >= 0.6 is 23.1 Å². The molecule has 1 aliphatic carbocycles. The van der Waals surface area contributed by atoms with Crippen LogP contribution in [0.15, 0.2) is 27.2 Å². The molecule has 0 unspecified atom stereocenters. The minimum atomic E-state index is -0.686. The lowest BCUT2D eigenvalue weighted by molar-refractivity contribution is -0.119. The van der Waals surface area contributed by atoms with Crippen molar-refractivity contribution in [2.45, 2.75) is 36.4 Å². The van der Waals surface area contributed by atoms with Crippen LogP contribution in [-0.4, -0.2) is 27.4 Å². The van der Waals surface area contributed by atoms with Crippen LogP contribution in [0.3, 0.4) is 0 Å². The van der Waals surface area contributed by atoms with Gasteiger partial charge in [-0.1, -0.05) is 17.8 Å². The average Bonchev–Trinajstić information content (AvgIpc) is 3.26. The highest BCUT2D eigenvalue weighted by molar-refractivity contribution is 7.99. The molecular formula is C14H14N4O2S2. The van der Waals surface area contributed by atoms with E-state index in [0.29, 0.717) is 11.1 Å².